The molecule has 0 spiro atoms. The van der Waals surface area contributed by atoms with Crippen molar-refractivity contribution in [2.45, 2.75) is 32.4 Å². The summed E-state index contributed by atoms with van der Waals surface area (Å²) in [5.41, 5.74) is 0.846. The molecule has 1 aromatic rings. The SMILES string of the molecule is CC(=O)N1CCC(NCc2cc(F)cc(Cl)c2)CC1. The van der Waals surface area contributed by atoms with E-state index < -0.39 is 0 Å². The van der Waals surface area contributed by atoms with Crippen LogP contribution >= 0.6 is 11.6 Å². The third-order valence-electron chi connectivity index (χ3n) is 3.46. The van der Waals surface area contributed by atoms with Crippen molar-refractivity contribution in [1.82, 2.24) is 10.2 Å². The highest BCUT2D eigenvalue weighted by molar-refractivity contribution is 6.30. The van der Waals surface area contributed by atoms with Gasteiger partial charge in [-0.2, -0.15) is 0 Å². The average molecular weight is 285 g/mol. The number of benzene rings is 1. The van der Waals surface area contributed by atoms with Gasteiger partial charge in [0.15, 0.2) is 0 Å². The smallest absolute Gasteiger partial charge is 0.219 e. The summed E-state index contributed by atoms with van der Waals surface area (Å²) in [7, 11) is 0. The number of carbonyl (C=O) groups is 1. The molecule has 1 heterocycles. The van der Waals surface area contributed by atoms with Crippen LogP contribution in [0.2, 0.25) is 5.02 Å². The van der Waals surface area contributed by atoms with Crippen LogP contribution in [0, 0.1) is 5.82 Å². The fourth-order valence-corrected chi connectivity index (χ4v) is 2.62. The molecule has 1 N–H and O–H groups in total. The van der Waals surface area contributed by atoms with E-state index in [2.05, 4.69) is 5.32 Å². The molecule has 0 aromatic heterocycles. The molecule has 3 nitrogen and oxygen atoms in total. The molecular formula is C14H18ClFN2O. The van der Waals surface area contributed by atoms with E-state index >= 15 is 0 Å². The van der Waals surface area contributed by atoms with Gasteiger partial charge in [-0.15, -0.1) is 0 Å². The molecule has 5 heteroatoms. The zero-order valence-electron chi connectivity index (χ0n) is 11.0. The van der Waals surface area contributed by atoms with Crippen LogP contribution in [0.25, 0.3) is 0 Å². The van der Waals surface area contributed by atoms with Gasteiger partial charge in [-0.3, -0.25) is 4.79 Å². The molecule has 2 rings (SSSR count). The van der Waals surface area contributed by atoms with Crippen LogP contribution in [0.1, 0.15) is 25.3 Å². The van der Waals surface area contributed by atoms with Gasteiger partial charge in [-0.05, 0) is 36.6 Å². The number of likely N-dealkylation sites (tertiary alicyclic amines) is 1. The molecule has 1 aliphatic rings. The lowest BCUT2D eigenvalue weighted by atomic mass is 10.0. The number of amides is 1. The van der Waals surface area contributed by atoms with Gasteiger partial charge in [-0.1, -0.05) is 11.6 Å². The summed E-state index contributed by atoms with van der Waals surface area (Å²) in [4.78, 5) is 13.1. The standard InChI is InChI=1S/C14H18ClFN2O/c1-10(19)18-4-2-14(3-5-18)17-9-11-6-12(15)8-13(16)7-11/h6-8,14,17H,2-5,9H2,1H3. The first-order valence-corrected chi connectivity index (χ1v) is 6.86. The number of hydrogen-bond acceptors (Lipinski definition) is 2. The van der Waals surface area contributed by atoms with Gasteiger partial charge in [0.1, 0.15) is 5.82 Å². The number of halogens is 2. The summed E-state index contributed by atoms with van der Waals surface area (Å²) in [6.07, 6.45) is 1.87. The van der Waals surface area contributed by atoms with Gasteiger partial charge in [0, 0.05) is 37.6 Å². The molecule has 19 heavy (non-hydrogen) atoms. The fraction of sp³-hybridized carbons (Fsp3) is 0.500. The van der Waals surface area contributed by atoms with Crippen molar-refractivity contribution in [3.05, 3.63) is 34.6 Å². The third kappa shape index (κ3) is 4.18. The first-order valence-electron chi connectivity index (χ1n) is 6.48. The lowest BCUT2D eigenvalue weighted by Gasteiger charge is -2.31. The molecular weight excluding hydrogens is 267 g/mol. The van der Waals surface area contributed by atoms with Crippen molar-refractivity contribution in [3.8, 4) is 0 Å². The molecule has 1 fully saturated rings. The summed E-state index contributed by atoms with van der Waals surface area (Å²) in [5, 5.41) is 3.81. The Morgan fingerprint density at radius 3 is 2.68 bits per heavy atom. The third-order valence-corrected chi connectivity index (χ3v) is 3.68. The van der Waals surface area contributed by atoms with E-state index in [0.717, 1.165) is 31.5 Å². The highest BCUT2D eigenvalue weighted by atomic mass is 35.5. The maximum Gasteiger partial charge on any atom is 0.219 e. The van der Waals surface area contributed by atoms with Crippen molar-refractivity contribution in [2.75, 3.05) is 13.1 Å². The molecule has 0 atom stereocenters. The minimum Gasteiger partial charge on any atom is -0.343 e. The normalized spacial score (nSPS) is 16.7. The second kappa shape index (κ2) is 6.35. The Hall–Kier alpha value is -1.13. The number of hydrogen-bond donors (Lipinski definition) is 1. The number of nitrogens with zero attached hydrogens (tertiary/aromatic N) is 1. The number of nitrogens with one attached hydrogen (secondary N) is 1. The quantitative estimate of drug-likeness (QED) is 0.925. The van der Waals surface area contributed by atoms with Crippen LogP contribution in [0.3, 0.4) is 0 Å². The summed E-state index contributed by atoms with van der Waals surface area (Å²) in [5.74, 6) is -0.175. The highest BCUT2D eigenvalue weighted by Crippen LogP contribution is 2.15. The molecule has 1 aliphatic heterocycles. The van der Waals surface area contributed by atoms with E-state index in [1.165, 1.54) is 12.1 Å². The Balaban J connectivity index is 1.82. The van der Waals surface area contributed by atoms with Crippen LogP contribution in [-0.4, -0.2) is 29.9 Å². The van der Waals surface area contributed by atoms with E-state index in [1.807, 2.05) is 4.90 Å². The molecule has 0 unspecified atom stereocenters. The second-order valence-corrected chi connectivity index (χ2v) is 5.38. The first-order chi connectivity index (χ1) is 9.04. The largest absolute Gasteiger partial charge is 0.343 e. The zero-order chi connectivity index (χ0) is 13.8. The van der Waals surface area contributed by atoms with Crippen LogP contribution < -0.4 is 5.32 Å². The summed E-state index contributed by atoms with van der Waals surface area (Å²) in [6, 6.07) is 4.93. The zero-order valence-corrected chi connectivity index (χ0v) is 11.7. The lowest BCUT2D eigenvalue weighted by Crippen LogP contribution is -2.43. The lowest BCUT2D eigenvalue weighted by molar-refractivity contribution is -0.129. The van der Waals surface area contributed by atoms with Gasteiger partial charge >= 0.3 is 0 Å². The molecule has 0 saturated carbocycles. The van der Waals surface area contributed by atoms with Crippen LogP contribution in [0.15, 0.2) is 18.2 Å². The van der Waals surface area contributed by atoms with Crippen molar-refractivity contribution < 1.29 is 9.18 Å². The van der Waals surface area contributed by atoms with Crippen LogP contribution in [-0.2, 0) is 11.3 Å². The van der Waals surface area contributed by atoms with E-state index in [0.29, 0.717) is 17.6 Å². The van der Waals surface area contributed by atoms with Crippen molar-refractivity contribution in [3.63, 3.8) is 0 Å². The van der Waals surface area contributed by atoms with Crippen molar-refractivity contribution in [2.24, 2.45) is 0 Å². The van der Waals surface area contributed by atoms with Crippen molar-refractivity contribution in [1.29, 1.82) is 0 Å². The minimum absolute atomic E-state index is 0.135. The predicted octanol–water partition coefficient (Wildman–Crippen LogP) is 2.58. The van der Waals surface area contributed by atoms with Gasteiger partial charge < -0.3 is 10.2 Å². The minimum atomic E-state index is -0.310. The second-order valence-electron chi connectivity index (χ2n) is 4.94. The fourth-order valence-electron chi connectivity index (χ4n) is 2.37. The molecule has 0 bridgehead atoms. The highest BCUT2D eigenvalue weighted by Gasteiger charge is 2.20. The number of carbonyl (C=O) groups excluding carboxylic acids is 1. The number of piperidine rings is 1. The molecule has 0 aliphatic carbocycles. The molecule has 104 valence electrons. The van der Waals surface area contributed by atoms with Gasteiger partial charge in [0.25, 0.3) is 0 Å². The summed E-state index contributed by atoms with van der Waals surface area (Å²) in [6.45, 7) is 3.78. The summed E-state index contributed by atoms with van der Waals surface area (Å²) < 4.78 is 13.2. The van der Waals surface area contributed by atoms with Gasteiger partial charge in [-0.25, -0.2) is 4.39 Å². The van der Waals surface area contributed by atoms with Crippen LogP contribution in [0.5, 0.6) is 0 Å². The summed E-state index contributed by atoms with van der Waals surface area (Å²) >= 11 is 5.81. The number of rotatable bonds is 3. The maximum absolute atomic E-state index is 13.2. The molecule has 1 amide bonds. The molecule has 1 saturated heterocycles. The Morgan fingerprint density at radius 2 is 2.11 bits per heavy atom. The van der Waals surface area contributed by atoms with E-state index in [1.54, 1.807) is 13.0 Å². The monoisotopic (exact) mass is 284 g/mol. The van der Waals surface area contributed by atoms with Crippen molar-refractivity contribution >= 4 is 17.5 Å². The van der Waals surface area contributed by atoms with E-state index in [4.69, 9.17) is 11.6 Å². The van der Waals surface area contributed by atoms with Gasteiger partial charge in [0.2, 0.25) is 5.91 Å². The predicted molar refractivity (Wildman–Crippen MR) is 73.5 cm³/mol. The van der Waals surface area contributed by atoms with E-state index in [-0.39, 0.29) is 11.7 Å². The Kier molecular flexibility index (Phi) is 4.77. The van der Waals surface area contributed by atoms with Crippen LogP contribution in [0.4, 0.5) is 4.39 Å². The molecule has 0 radical (unpaired) electrons. The maximum atomic E-state index is 13.2. The topological polar surface area (TPSA) is 32.3 Å². The van der Waals surface area contributed by atoms with E-state index in [9.17, 15) is 9.18 Å². The Bertz CT molecular complexity index is 439. The van der Waals surface area contributed by atoms with Gasteiger partial charge in [0.05, 0.1) is 0 Å². The molecule has 1 aromatic carbocycles. The average Bonchev–Trinajstić information content (AvgIpc) is 2.36. The Labute approximate surface area is 117 Å². The Morgan fingerprint density at radius 1 is 1.42 bits per heavy atom. The first kappa shape index (κ1) is 14.3.